The molecule has 0 radical (unpaired) electrons. The molecule has 6 heteroatoms. The monoisotopic (exact) mass is 247 g/mol. The maximum Gasteiger partial charge on any atom is 0.279 e. The molecule has 1 aliphatic carbocycles. The van der Waals surface area contributed by atoms with Gasteiger partial charge in [-0.2, -0.15) is 12.7 Å². The van der Waals surface area contributed by atoms with E-state index in [1.165, 1.54) is 19.9 Å². The third kappa shape index (κ3) is 2.94. The smallest absolute Gasteiger partial charge is 0.279 e. The lowest BCUT2D eigenvalue weighted by molar-refractivity contribution is 0.305. The number of hydrogen-bond acceptors (Lipinski definition) is 3. The van der Waals surface area contributed by atoms with Gasteiger partial charge in [-0.15, -0.1) is 0 Å². The normalized spacial score (nSPS) is 27.2. The van der Waals surface area contributed by atoms with E-state index in [-0.39, 0.29) is 6.04 Å². The summed E-state index contributed by atoms with van der Waals surface area (Å²) in [6.07, 6.45) is 5.51. The average Bonchev–Trinajstić information content (AvgIpc) is 3.11. The van der Waals surface area contributed by atoms with Gasteiger partial charge in [0, 0.05) is 25.7 Å². The second kappa shape index (κ2) is 5.00. The minimum Gasteiger partial charge on any atom is -0.313 e. The Bertz CT molecular complexity index is 321. The number of nitrogens with one attached hydrogen (secondary N) is 2. The SMILES string of the molecule is CNS(=O)(=O)N(CC1CCCCN1)C1CC1. The van der Waals surface area contributed by atoms with Gasteiger partial charge in [-0.25, -0.2) is 4.72 Å². The van der Waals surface area contributed by atoms with E-state index in [4.69, 9.17) is 0 Å². The van der Waals surface area contributed by atoms with Crippen LogP contribution in [0.2, 0.25) is 0 Å². The van der Waals surface area contributed by atoms with Crippen LogP contribution in [0.25, 0.3) is 0 Å². The summed E-state index contributed by atoms with van der Waals surface area (Å²) in [6, 6.07) is 0.568. The van der Waals surface area contributed by atoms with Crippen LogP contribution in [0.5, 0.6) is 0 Å². The Balaban J connectivity index is 1.97. The molecule has 0 spiro atoms. The standard InChI is InChI=1S/C10H21N3O2S/c1-11-16(14,15)13(10-5-6-10)8-9-4-2-3-7-12-9/h9-12H,2-8H2,1H3. The van der Waals surface area contributed by atoms with Crippen molar-refractivity contribution in [2.45, 2.75) is 44.2 Å². The number of hydrogen-bond donors (Lipinski definition) is 2. The van der Waals surface area contributed by atoms with Crippen LogP contribution in [0, 0.1) is 0 Å². The molecule has 5 nitrogen and oxygen atoms in total. The Morgan fingerprint density at radius 3 is 2.56 bits per heavy atom. The van der Waals surface area contributed by atoms with E-state index in [1.54, 1.807) is 4.31 Å². The number of rotatable bonds is 5. The quantitative estimate of drug-likeness (QED) is 0.722. The average molecular weight is 247 g/mol. The zero-order valence-corrected chi connectivity index (χ0v) is 10.6. The van der Waals surface area contributed by atoms with Crippen molar-refractivity contribution >= 4 is 10.2 Å². The topological polar surface area (TPSA) is 61.4 Å². The van der Waals surface area contributed by atoms with Crippen LogP contribution < -0.4 is 10.0 Å². The zero-order valence-electron chi connectivity index (χ0n) is 9.78. The Labute approximate surface area is 97.8 Å². The van der Waals surface area contributed by atoms with Crippen LogP contribution in [-0.4, -0.2) is 44.9 Å². The molecule has 2 fully saturated rings. The third-order valence-electron chi connectivity index (χ3n) is 3.33. The van der Waals surface area contributed by atoms with Crippen molar-refractivity contribution in [3.63, 3.8) is 0 Å². The Hall–Kier alpha value is -0.170. The highest BCUT2D eigenvalue weighted by atomic mass is 32.2. The fourth-order valence-electron chi connectivity index (χ4n) is 2.22. The number of nitrogens with zero attached hydrogens (tertiary/aromatic N) is 1. The molecule has 1 saturated heterocycles. The van der Waals surface area contributed by atoms with E-state index in [2.05, 4.69) is 10.0 Å². The first-order valence-electron chi connectivity index (χ1n) is 6.07. The molecule has 0 aromatic heterocycles. The van der Waals surface area contributed by atoms with Crippen LogP contribution in [0.15, 0.2) is 0 Å². The van der Waals surface area contributed by atoms with E-state index >= 15 is 0 Å². The van der Waals surface area contributed by atoms with Crippen LogP contribution in [0.4, 0.5) is 0 Å². The second-order valence-corrected chi connectivity index (χ2v) is 6.48. The van der Waals surface area contributed by atoms with Crippen molar-refractivity contribution < 1.29 is 8.42 Å². The first-order chi connectivity index (χ1) is 7.63. The molecule has 16 heavy (non-hydrogen) atoms. The lowest BCUT2D eigenvalue weighted by Gasteiger charge is -2.29. The fourth-order valence-corrected chi connectivity index (χ4v) is 3.43. The Morgan fingerprint density at radius 1 is 1.31 bits per heavy atom. The highest BCUT2D eigenvalue weighted by Gasteiger charge is 2.37. The molecule has 1 heterocycles. The predicted molar refractivity (Wildman–Crippen MR) is 63.3 cm³/mol. The maximum absolute atomic E-state index is 11.8. The fraction of sp³-hybridized carbons (Fsp3) is 1.00. The molecule has 1 aliphatic heterocycles. The lowest BCUT2D eigenvalue weighted by Crippen LogP contribution is -2.49. The van der Waals surface area contributed by atoms with Crippen LogP contribution >= 0.6 is 0 Å². The molecule has 2 rings (SSSR count). The summed E-state index contributed by atoms with van der Waals surface area (Å²) in [5, 5.41) is 3.39. The minimum absolute atomic E-state index is 0.237. The van der Waals surface area contributed by atoms with Gasteiger partial charge in [-0.3, -0.25) is 0 Å². The van der Waals surface area contributed by atoms with Gasteiger partial charge in [0.1, 0.15) is 0 Å². The van der Waals surface area contributed by atoms with Crippen molar-refractivity contribution in [1.29, 1.82) is 0 Å². The first-order valence-corrected chi connectivity index (χ1v) is 7.51. The molecule has 0 bridgehead atoms. The first kappa shape index (κ1) is 12.3. The molecule has 1 atom stereocenters. The molecular formula is C10H21N3O2S. The van der Waals surface area contributed by atoms with Crippen molar-refractivity contribution in [2.24, 2.45) is 0 Å². The van der Waals surface area contributed by atoms with Crippen LogP contribution in [0.3, 0.4) is 0 Å². The summed E-state index contributed by atoms with van der Waals surface area (Å²) in [4.78, 5) is 0. The zero-order chi connectivity index (χ0) is 11.6. The molecule has 2 aliphatic rings. The maximum atomic E-state index is 11.8. The van der Waals surface area contributed by atoms with Crippen LogP contribution in [-0.2, 0) is 10.2 Å². The highest BCUT2D eigenvalue weighted by molar-refractivity contribution is 7.87. The van der Waals surface area contributed by atoms with Crippen LogP contribution in [0.1, 0.15) is 32.1 Å². The molecule has 2 N–H and O–H groups in total. The van der Waals surface area contributed by atoms with Crippen molar-refractivity contribution in [3.8, 4) is 0 Å². The summed E-state index contributed by atoms with van der Waals surface area (Å²) < 4.78 is 27.7. The van der Waals surface area contributed by atoms with Gasteiger partial charge in [0.2, 0.25) is 0 Å². The van der Waals surface area contributed by atoms with E-state index in [0.29, 0.717) is 12.6 Å². The Kier molecular flexibility index (Phi) is 3.84. The summed E-state index contributed by atoms with van der Waals surface area (Å²) in [5.74, 6) is 0. The van der Waals surface area contributed by atoms with Gasteiger partial charge in [0.25, 0.3) is 10.2 Å². The summed E-state index contributed by atoms with van der Waals surface area (Å²) >= 11 is 0. The van der Waals surface area contributed by atoms with E-state index in [0.717, 1.165) is 25.8 Å². The second-order valence-electron chi connectivity index (χ2n) is 4.66. The minimum atomic E-state index is -3.25. The lowest BCUT2D eigenvalue weighted by atomic mass is 10.1. The van der Waals surface area contributed by atoms with Gasteiger partial charge in [0.15, 0.2) is 0 Å². The highest BCUT2D eigenvalue weighted by Crippen LogP contribution is 2.29. The van der Waals surface area contributed by atoms with Gasteiger partial charge >= 0.3 is 0 Å². The predicted octanol–water partition coefficient (Wildman–Crippen LogP) is 0.0571. The molecule has 1 unspecified atom stereocenters. The van der Waals surface area contributed by atoms with Gasteiger partial charge < -0.3 is 5.32 Å². The summed E-state index contributed by atoms with van der Waals surface area (Å²) in [6.45, 7) is 1.64. The van der Waals surface area contributed by atoms with Crippen molar-refractivity contribution in [1.82, 2.24) is 14.3 Å². The summed E-state index contributed by atoms with van der Waals surface area (Å²) in [7, 11) is -1.77. The van der Waals surface area contributed by atoms with E-state index in [9.17, 15) is 8.42 Å². The molecule has 0 aromatic rings. The molecular weight excluding hydrogens is 226 g/mol. The van der Waals surface area contributed by atoms with E-state index in [1.807, 2.05) is 0 Å². The number of piperidine rings is 1. The third-order valence-corrected chi connectivity index (χ3v) is 4.91. The van der Waals surface area contributed by atoms with Gasteiger partial charge in [-0.05, 0) is 32.2 Å². The van der Waals surface area contributed by atoms with Crippen molar-refractivity contribution in [3.05, 3.63) is 0 Å². The Morgan fingerprint density at radius 2 is 2.06 bits per heavy atom. The molecule has 1 saturated carbocycles. The summed E-state index contributed by atoms with van der Waals surface area (Å²) in [5.41, 5.74) is 0. The largest absolute Gasteiger partial charge is 0.313 e. The van der Waals surface area contributed by atoms with Gasteiger partial charge in [0.05, 0.1) is 0 Å². The van der Waals surface area contributed by atoms with Gasteiger partial charge in [-0.1, -0.05) is 6.42 Å². The molecule has 0 aromatic carbocycles. The molecule has 94 valence electrons. The van der Waals surface area contributed by atoms with Crippen molar-refractivity contribution in [2.75, 3.05) is 20.1 Å². The van der Waals surface area contributed by atoms with E-state index < -0.39 is 10.2 Å². The molecule has 0 amide bonds.